The van der Waals surface area contributed by atoms with E-state index in [1.807, 2.05) is 18.0 Å². The van der Waals surface area contributed by atoms with Gasteiger partial charge in [-0.3, -0.25) is 9.10 Å². The molecule has 0 saturated carbocycles. The molecule has 7 heteroatoms. The number of anilines is 1. The number of nitrogens with one attached hydrogen (secondary N) is 1. The van der Waals surface area contributed by atoms with Crippen molar-refractivity contribution in [3.05, 3.63) is 29.3 Å². The van der Waals surface area contributed by atoms with E-state index in [9.17, 15) is 13.2 Å². The summed E-state index contributed by atoms with van der Waals surface area (Å²) in [6.07, 6.45) is 4.76. The second-order valence-electron chi connectivity index (χ2n) is 6.64. The number of rotatable bonds is 3. The van der Waals surface area contributed by atoms with Gasteiger partial charge in [0.1, 0.15) is 0 Å². The zero-order valence-corrected chi connectivity index (χ0v) is 15.1. The number of nitrogens with zero attached hydrogens (tertiary/aromatic N) is 2. The number of hydrogen-bond donors (Lipinski definition) is 1. The SMILES string of the molecule is CNC1CCN(C(=O)c2ccc3c(c2)CCCN3S(C)(=O)=O)CC1. The second-order valence-corrected chi connectivity index (χ2v) is 8.54. The lowest BCUT2D eigenvalue weighted by atomic mass is 9.99. The molecule has 6 nitrogen and oxygen atoms in total. The molecule has 0 spiro atoms. The molecular formula is C17H25N3O3S. The molecule has 0 unspecified atom stereocenters. The van der Waals surface area contributed by atoms with Crippen LogP contribution in [0, 0.1) is 0 Å². The van der Waals surface area contributed by atoms with Crippen LogP contribution in [0.25, 0.3) is 0 Å². The fraction of sp³-hybridized carbons (Fsp3) is 0.588. The van der Waals surface area contributed by atoms with Gasteiger partial charge in [0.2, 0.25) is 10.0 Å². The van der Waals surface area contributed by atoms with Crippen molar-refractivity contribution >= 4 is 21.6 Å². The van der Waals surface area contributed by atoms with Crippen molar-refractivity contribution in [3.63, 3.8) is 0 Å². The van der Waals surface area contributed by atoms with Gasteiger partial charge in [-0.05, 0) is 56.5 Å². The topological polar surface area (TPSA) is 69.7 Å². The highest BCUT2D eigenvalue weighted by molar-refractivity contribution is 7.92. The molecule has 1 saturated heterocycles. The molecule has 132 valence electrons. The summed E-state index contributed by atoms with van der Waals surface area (Å²) in [7, 11) is -1.31. The first kappa shape index (κ1) is 17.2. The number of carbonyl (C=O) groups is 1. The van der Waals surface area contributed by atoms with E-state index >= 15 is 0 Å². The summed E-state index contributed by atoms with van der Waals surface area (Å²) in [6, 6.07) is 5.90. The molecule has 2 aliphatic heterocycles. The fourth-order valence-corrected chi connectivity index (χ4v) is 4.59. The number of hydrogen-bond acceptors (Lipinski definition) is 4. The van der Waals surface area contributed by atoms with Gasteiger partial charge in [-0.15, -0.1) is 0 Å². The first-order chi connectivity index (χ1) is 11.4. The van der Waals surface area contributed by atoms with Gasteiger partial charge in [0.15, 0.2) is 0 Å². The number of likely N-dealkylation sites (tertiary alicyclic amines) is 1. The van der Waals surface area contributed by atoms with Crippen molar-refractivity contribution in [3.8, 4) is 0 Å². The third-order valence-electron chi connectivity index (χ3n) is 4.99. The minimum absolute atomic E-state index is 0.0452. The van der Waals surface area contributed by atoms with Crippen molar-refractivity contribution in [1.29, 1.82) is 0 Å². The zero-order chi connectivity index (χ0) is 17.3. The largest absolute Gasteiger partial charge is 0.339 e. The molecule has 1 amide bonds. The Labute approximate surface area is 143 Å². The van der Waals surface area contributed by atoms with Gasteiger partial charge in [0.25, 0.3) is 5.91 Å². The van der Waals surface area contributed by atoms with Gasteiger partial charge < -0.3 is 10.2 Å². The summed E-state index contributed by atoms with van der Waals surface area (Å²) in [4.78, 5) is 14.6. The average Bonchev–Trinajstić information content (AvgIpc) is 2.59. The lowest BCUT2D eigenvalue weighted by molar-refractivity contribution is 0.0707. The summed E-state index contributed by atoms with van der Waals surface area (Å²) in [5.74, 6) is 0.0452. The molecule has 3 rings (SSSR count). The summed E-state index contributed by atoms with van der Waals surface area (Å²) >= 11 is 0. The van der Waals surface area contributed by atoms with Crippen LogP contribution in [-0.4, -0.2) is 58.2 Å². The Morgan fingerprint density at radius 1 is 1.21 bits per heavy atom. The van der Waals surface area contributed by atoms with Crippen LogP contribution < -0.4 is 9.62 Å². The van der Waals surface area contributed by atoms with Gasteiger partial charge in [-0.1, -0.05) is 0 Å². The fourth-order valence-electron chi connectivity index (χ4n) is 3.59. The van der Waals surface area contributed by atoms with Crippen LogP contribution in [0.4, 0.5) is 5.69 Å². The lowest BCUT2D eigenvalue weighted by Crippen LogP contribution is -2.44. The van der Waals surface area contributed by atoms with Crippen LogP contribution in [0.3, 0.4) is 0 Å². The van der Waals surface area contributed by atoms with Crippen molar-refractivity contribution in [2.75, 3.05) is 37.2 Å². The van der Waals surface area contributed by atoms with Gasteiger partial charge >= 0.3 is 0 Å². The lowest BCUT2D eigenvalue weighted by Gasteiger charge is -2.33. The molecule has 0 aromatic heterocycles. The standard InChI is InChI=1S/C17H25N3O3S/c1-18-15-7-10-19(11-8-15)17(21)14-5-6-16-13(12-14)4-3-9-20(16)24(2,22)23/h5-6,12,15,18H,3-4,7-11H2,1-2H3. The van der Waals surface area contributed by atoms with Gasteiger partial charge in [0, 0.05) is 31.2 Å². The van der Waals surface area contributed by atoms with Crippen LogP contribution >= 0.6 is 0 Å². The first-order valence-electron chi connectivity index (χ1n) is 8.47. The predicted molar refractivity (Wildman–Crippen MR) is 94.9 cm³/mol. The molecule has 1 fully saturated rings. The highest BCUT2D eigenvalue weighted by Crippen LogP contribution is 2.30. The van der Waals surface area contributed by atoms with E-state index in [0.717, 1.165) is 44.3 Å². The van der Waals surface area contributed by atoms with Crippen molar-refractivity contribution in [2.24, 2.45) is 0 Å². The van der Waals surface area contributed by atoms with Crippen LogP contribution in [0.5, 0.6) is 0 Å². The quantitative estimate of drug-likeness (QED) is 0.889. The summed E-state index contributed by atoms with van der Waals surface area (Å²) < 4.78 is 25.3. The number of sulfonamides is 1. The predicted octanol–water partition coefficient (Wildman–Crippen LogP) is 1.22. The summed E-state index contributed by atoms with van der Waals surface area (Å²) in [5.41, 5.74) is 2.32. The third-order valence-corrected chi connectivity index (χ3v) is 6.17. The van der Waals surface area contributed by atoms with Crippen molar-refractivity contribution in [1.82, 2.24) is 10.2 Å². The highest BCUT2D eigenvalue weighted by Gasteiger charge is 2.27. The van der Waals surface area contributed by atoms with E-state index in [0.29, 0.717) is 23.8 Å². The molecule has 0 aliphatic carbocycles. The maximum atomic E-state index is 12.7. The van der Waals surface area contributed by atoms with E-state index in [1.54, 1.807) is 12.1 Å². The van der Waals surface area contributed by atoms with Crippen LogP contribution in [-0.2, 0) is 16.4 Å². The molecule has 0 atom stereocenters. The molecule has 1 N–H and O–H groups in total. The van der Waals surface area contributed by atoms with E-state index in [2.05, 4.69) is 5.32 Å². The third kappa shape index (κ3) is 3.42. The Morgan fingerprint density at radius 3 is 2.54 bits per heavy atom. The second kappa shape index (κ2) is 6.72. The molecule has 0 radical (unpaired) electrons. The number of piperidine rings is 1. The van der Waals surface area contributed by atoms with E-state index in [1.165, 1.54) is 10.6 Å². The van der Waals surface area contributed by atoms with Crippen molar-refractivity contribution < 1.29 is 13.2 Å². The Balaban J connectivity index is 1.80. The number of aryl methyl sites for hydroxylation is 1. The first-order valence-corrected chi connectivity index (χ1v) is 10.3. The monoisotopic (exact) mass is 351 g/mol. The Kier molecular flexibility index (Phi) is 4.83. The van der Waals surface area contributed by atoms with E-state index < -0.39 is 10.0 Å². The normalized spacial score (nSPS) is 19.2. The molecule has 1 aromatic rings. The molecular weight excluding hydrogens is 326 g/mol. The van der Waals surface area contributed by atoms with Crippen molar-refractivity contribution in [2.45, 2.75) is 31.7 Å². The number of carbonyl (C=O) groups excluding carboxylic acids is 1. The Bertz CT molecular complexity index is 725. The molecule has 2 aliphatic rings. The van der Waals surface area contributed by atoms with Gasteiger partial charge in [-0.25, -0.2) is 8.42 Å². The van der Waals surface area contributed by atoms with Crippen LogP contribution in [0.1, 0.15) is 35.2 Å². The zero-order valence-electron chi connectivity index (χ0n) is 14.3. The summed E-state index contributed by atoms with van der Waals surface area (Å²) in [5, 5.41) is 3.26. The average molecular weight is 351 g/mol. The molecule has 24 heavy (non-hydrogen) atoms. The maximum Gasteiger partial charge on any atom is 0.253 e. The maximum absolute atomic E-state index is 12.7. The minimum Gasteiger partial charge on any atom is -0.339 e. The minimum atomic E-state index is -3.27. The number of benzene rings is 1. The highest BCUT2D eigenvalue weighted by atomic mass is 32.2. The Morgan fingerprint density at radius 2 is 1.92 bits per heavy atom. The van der Waals surface area contributed by atoms with E-state index in [4.69, 9.17) is 0 Å². The smallest absolute Gasteiger partial charge is 0.253 e. The Hall–Kier alpha value is -1.60. The molecule has 0 bridgehead atoms. The van der Waals surface area contributed by atoms with Crippen LogP contribution in [0.2, 0.25) is 0 Å². The molecule has 1 aromatic carbocycles. The molecule has 2 heterocycles. The summed E-state index contributed by atoms with van der Waals surface area (Å²) in [6.45, 7) is 2.03. The van der Waals surface area contributed by atoms with Gasteiger partial charge in [0.05, 0.1) is 11.9 Å². The van der Waals surface area contributed by atoms with Crippen LogP contribution in [0.15, 0.2) is 18.2 Å². The van der Waals surface area contributed by atoms with E-state index in [-0.39, 0.29) is 5.91 Å². The number of amides is 1. The number of fused-ring (bicyclic) bond motifs is 1. The van der Waals surface area contributed by atoms with Gasteiger partial charge in [-0.2, -0.15) is 0 Å².